The lowest BCUT2D eigenvalue weighted by atomic mass is 9.85. The zero-order valence-corrected chi connectivity index (χ0v) is 30.7. The highest BCUT2D eigenvalue weighted by Gasteiger charge is 2.20. The van der Waals surface area contributed by atoms with Gasteiger partial charge in [-0.2, -0.15) is 0 Å². The van der Waals surface area contributed by atoms with E-state index in [2.05, 4.69) is 84.9 Å². The van der Waals surface area contributed by atoms with Crippen molar-refractivity contribution in [1.29, 1.82) is 0 Å². The maximum atomic E-state index is 9.15. The standard InChI is InChI=1S/C56H32O2/c1-3-13-38-33(11-1)25-28-46-49-31-37(27-30-51(49)57-54(38)46)53-43-18-8-6-16-41(43)52(42-17-7-9-19-44(42)53)36-23-21-35(22-24-36)48-32-50-47-29-26-34-12-2-4-14-39(34)55(47)58-56(50)45-20-10-5-15-40(45)48/h1-32H/i2D,4D,12D,14D,25D,26D,28D,29D. The molecule has 0 amide bonds. The van der Waals surface area contributed by atoms with E-state index in [9.17, 15) is 0 Å². The first-order chi connectivity index (χ1) is 32.1. The Labute approximate surface area is 344 Å². The molecule has 0 saturated carbocycles. The van der Waals surface area contributed by atoms with Crippen molar-refractivity contribution in [3.8, 4) is 33.4 Å². The second kappa shape index (κ2) is 11.9. The van der Waals surface area contributed by atoms with Crippen molar-refractivity contribution >= 4 is 97.7 Å². The molecule has 0 aliphatic rings. The zero-order valence-electron chi connectivity index (χ0n) is 38.7. The molecule has 0 aliphatic carbocycles. The molecule has 2 nitrogen and oxygen atoms in total. The highest BCUT2D eigenvalue weighted by atomic mass is 16.3. The van der Waals surface area contributed by atoms with Gasteiger partial charge < -0.3 is 8.83 Å². The maximum absolute atomic E-state index is 9.15. The van der Waals surface area contributed by atoms with Crippen LogP contribution in [0.2, 0.25) is 0 Å². The van der Waals surface area contributed by atoms with E-state index in [0.717, 1.165) is 76.5 Å². The minimum Gasteiger partial charge on any atom is -0.455 e. The molecular formula is C56H32O2. The number of furan rings is 2. The number of fused-ring (bicyclic) bond motifs is 14. The van der Waals surface area contributed by atoms with Crippen molar-refractivity contribution in [2.45, 2.75) is 0 Å². The summed E-state index contributed by atoms with van der Waals surface area (Å²) in [6, 6.07) is 47.4. The predicted octanol–water partition coefficient (Wildman–Crippen LogP) is 16.3. The first-order valence-corrected chi connectivity index (χ1v) is 19.3. The molecule has 11 aromatic carbocycles. The Bertz CT molecular complexity index is 4260. The largest absolute Gasteiger partial charge is 0.455 e. The predicted molar refractivity (Wildman–Crippen MR) is 245 cm³/mol. The molecule has 58 heavy (non-hydrogen) atoms. The van der Waals surface area contributed by atoms with Crippen LogP contribution in [0.4, 0.5) is 0 Å². The van der Waals surface area contributed by atoms with Gasteiger partial charge in [-0.05, 0) is 101 Å². The molecule has 2 heteroatoms. The summed E-state index contributed by atoms with van der Waals surface area (Å²) < 4.78 is 83.1. The smallest absolute Gasteiger partial charge is 0.143 e. The molecule has 0 bridgehead atoms. The number of hydrogen-bond acceptors (Lipinski definition) is 2. The molecule has 0 spiro atoms. The van der Waals surface area contributed by atoms with Gasteiger partial charge in [0, 0.05) is 37.7 Å². The van der Waals surface area contributed by atoms with E-state index in [1.165, 1.54) is 0 Å². The minimum absolute atomic E-state index is 0.0293. The van der Waals surface area contributed by atoms with E-state index in [1.54, 1.807) is 0 Å². The minimum atomic E-state index is -0.451. The Morgan fingerprint density at radius 2 is 0.845 bits per heavy atom. The monoisotopic (exact) mass is 744 g/mol. The summed E-state index contributed by atoms with van der Waals surface area (Å²) in [5.41, 5.74) is 7.92. The molecule has 2 aromatic heterocycles. The van der Waals surface area contributed by atoms with Crippen LogP contribution in [-0.2, 0) is 0 Å². The summed E-state index contributed by atoms with van der Waals surface area (Å²) >= 11 is 0. The number of hydrogen-bond donors (Lipinski definition) is 0. The van der Waals surface area contributed by atoms with Crippen LogP contribution >= 0.6 is 0 Å². The third-order valence-electron chi connectivity index (χ3n) is 11.8. The van der Waals surface area contributed by atoms with Gasteiger partial charge in [-0.1, -0.05) is 164 Å². The average molecular weight is 745 g/mol. The van der Waals surface area contributed by atoms with Gasteiger partial charge in [-0.3, -0.25) is 0 Å². The van der Waals surface area contributed by atoms with E-state index >= 15 is 0 Å². The molecule has 0 unspecified atom stereocenters. The van der Waals surface area contributed by atoms with Crippen molar-refractivity contribution in [1.82, 2.24) is 0 Å². The average Bonchev–Trinajstić information content (AvgIpc) is 3.94. The Hall–Kier alpha value is -7.68. The van der Waals surface area contributed by atoms with Gasteiger partial charge in [0.15, 0.2) is 0 Å². The molecular weight excluding hydrogens is 705 g/mol. The summed E-state index contributed by atoms with van der Waals surface area (Å²) in [6.45, 7) is 0. The molecule has 0 N–H and O–H groups in total. The SMILES string of the molecule is [2H]c1c([2H])c([2H])c2c(c1[2H])c([2H])c([2H])c1c3cc(-c4ccc(-c5c6ccccc6c(-c6ccc7oc8c9ccccc9c([2H])c([2H])c8c7c6)c6ccccc56)cc4)c4ccccc4c3oc21. The van der Waals surface area contributed by atoms with Gasteiger partial charge in [0.1, 0.15) is 22.3 Å². The Morgan fingerprint density at radius 3 is 1.59 bits per heavy atom. The van der Waals surface area contributed by atoms with Crippen molar-refractivity contribution in [3.05, 3.63) is 194 Å². The quantitative estimate of drug-likeness (QED) is 0.168. The number of benzene rings is 11. The van der Waals surface area contributed by atoms with Crippen LogP contribution in [-0.4, -0.2) is 0 Å². The fourth-order valence-corrected chi connectivity index (χ4v) is 9.21. The maximum Gasteiger partial charge on any atom is 0.143 e. The molecule has 0 aliphatic heterocycles. The van der Waals surface area contributed by atoms with Gasteiger partial charge in [0.2, 0.25) is 0 Å². The zero-order chi connectivity index (χ0) is 44.9. The fourth-order valence-electron chi connectivity index (χ4n) is 9.21. The molecule has 0 radical (unpaired) electrons. The van der Waals surface area contributed by atoms with Crippen LogP contribution < -0.4 is 0 Å². The highest BCUT2D eigenvalue weighted by molar-refractivity contribution is 6.24. The Morgan fingerprint density at radius 1 is 0.310 bits per heavy atom. The third-order valence-corrected chi connectivity index (χ3v) is 11.8. The third kappa shape index (κ3) is 4.43. The molecule has 13 rings (SSSR count). The summed E-state index contributed by atoms with van der Waals surface area (Å²) in [5.74, 6) is 0. The Balaban J connectivity index is 1.00. The van der Waals surface area contributed by atoms with Crippen LogP contribution in [0.3, 0.4) is 0 Å². The van der Waals surface area contributed by atoms with Crippen molar-refractivity contribution in [3.63, 3.8) is 0 Å². The molecule has 0 saturated heterocycles. The lowest BCUT2D eigenvalue weighted by Crippen LogP contribution is -1.91. The van der Waals surface area contributed by atoms with E-state index in [0.29, 0.717) is 38.3 Å². The van der Waals surface area contributed by atoms with Crippen LogP contribution in [0.15, 0.2) is 203 Å². The number of rotatable bonds is 3. The Kier molecular flexibility index (Phi) is 5.08. The molecule has 2 heterocycles. The summed E-state index contributed by atoms with van der Waals surface area (Å²) in [4.78, 5) is 0. The van der Waals surface area contributed by atoms with Crippen molar-refractivity contribution in [2.75, 3.05) is 0 Å². The lowest BCUT2D eigenvalue weighted by molar-refractivity contribution is 0.672. The summed E-state index contributed by atoms with van der Waals surface area (Å²) in [7, 11) is 0. The topological polar surface area (TPSA) is 26.3 Å². The second-order valence-corrected chi connectivity index (χ2v) is 14.9. The van der Waals surface area contributed by atoms with Gasteiger partial charge >= 0.3 is 0 Å². The van der Waals surface area contributed by atoms with Crippen LogP contribution in [0, 0.1) is 0 Å². The van der Waals surface area contributed by atoms with Crippen LogP contribution in [0.5, 0.6) is 0 Å². The van der Waals surface area contributed by atoms with Gasteiger partial charge in [-0.15, -0.1) is 0 Å². The van der Waals surface area contributed by atoms with Crippen molar-refractivity contribution in [2.24, 2.45) is 0 Å². The first-order valence-electron chi connectivity index (χ1n) is 23.3. The van der Waals surface area contributed by atoms with Gasteiger partial charge in [-0.25, -0.2) is 0 Å². The van der Waals surface area contributed by atoms with Crippen LogP contribution in [0.25, 0.3) is 131 Å². The first kappa shape index (κ1) is 24.8. The van der Waals surface area contributed by atoms with Gasteiger partial charge in [0.05, 0.1) is 11.0 Å². The summed E-state index contributed by atoms with van der Waals surface area (Å²) in [5, 5.41) is 9.94. The lowest BCUT2D eigenvalue weighted by Gasteiger charge is -2.18. The highest BCUT2D eigenvalue weighted by Crippen LogP contribution is 2.46. The molecule has 268 valence electrons. The van der Waals surface area contributed by atoms with E-state index in [4.69, 9.17) is 19.8 Å². The van der Waals surface area contributed by atoms with Crippen LogP contribution in [0.1, 0.15) is 11.0 Å². The van der Waals surface area contributed by atoms with Gasteiger partial charge in [0.25, 0.3) is 0 Å². The van der Waals surface area contributed by atoms with E-state index in [-0.39, 0.29) is 52.6 Å². The van der Waals surface area contributed by atoms with E-state index < -0.39 is 12.1 Å². The fraction of sp³-hybridized carbons (Fsp3) is 0. The normalized spacial score (nSPS) is 14.1. The second-order valence-electron chi connectivity index (χ2n) is 14.9. The molecule has 0 atom stereocenters. The molecule has 13 aromatic rings. The summed E-state index contributed by atoms with van der Waals surface area (Å²) in [6.07, 6.45) is 0. The van der Waals surface area contributed by atoms with Crippen molar-refractivity contribution < 1.29 is 19.8 Å². The molecule has 0 fully saturated rings. The van der Waals surface area contributed by atoms with E-state index in [1.807, 2.05) is 60.7 Å².